The standard InChI is InChI=1S/C13H18F3NO3/c1-9(17-7-11(18)8-19-2)10-3-5-12(6-4-10)20-13(14,15)16/h3-6,9,11,17-18H,7-8H2,1-2H3. The Morgan fingerprint density at radius 2 is 1.85 bits per heavy atom. The summed E-state index contributed by atoms with van der Waals surface area (Å²) in [6.07, 6.45) is -5.31. The van der Waals surface area contributed by atoms with Crippen molar-refractivity contribution < 1.29 is 27.8 Å². The molecule has 2 unspecified atom stereocenters. The van der Waals surface area contributed by atoms with Crippen molar-refractivity contribution in [1.29, 1.82) is 0 Å². The van der Waals surface area contributed by atoms with Gasteiger partial charge in [0, 0.05) is 19.7 Å². The van der Waals surface area contributed by atoms with Gasteiger partial charge in [-0.25, -0.2) is 0 Å². The highest BCUT2D eigenvalue weighted by atomic mass is 19.4. The molecule has 1 aromatic carbocycles. The Balaban J connectivity index is 2.51. The van der Waals surface area contributed by atoms with E-state index in [0.29, 0.717) is 6.54 Å². The highest BCUT2D eigenvalue weighted by Gasteiger charge is 2.30. The average Bonchev–Trinajstić information content (AvgIpc) is 2.35. The van der Waals surface area contributed by atoms with Gasteiger partial charge >= 0.3 is 6.36 Å². The van der Waals surface area contributed by atoms with Crippen LogP contribution < -0.4 is 10.1 Å². The maximum atomic E-state index is 12.0. The summed E-state index contributed by atoms with van der Waals surface area (Å²) >= 11 is 0. The summed E-state index contributed by atoms with van der Waals surface area (Å²) in [5.74, 6) is -0.257. The Morgan fingerprint density at radius 1 is 1.25 bits per heavy atom. The van der Waals surface area contributed by atoms with Crippen LogP contribution in [-0.4, -0.2) is 37.8 Å². The minimum Gasteiger partial charge on any atom is -0.406 e. The summed E-state index contributed by atoms with van der Waals surface area (Å²) < 4.78 is 44.6. The van der Waals surface area contributed by atoms with Crippen molar-refractivity contribution in [3.05, 3.63) is 29.8 Å². The molecule has 4 nitrogen and oxygen atoms in total. The minimum atomic E-state index is -4.68. The molecule has 0 spiro atoms. The number of hydrogen-bond acceptors (Lipinski definition) is 4. The number of rotatable bonds is 7. The van der Waals surface area contributed by atoms with Crippen LogP contribution in [0.4, 0.5) is 13.2 Å². The maximum Gasteiger partial charge on any atom is 0.573 e. The SMILES string of the molecule is COCC(O)CNC(C)c1ccc(OC(F)(F)F)cc1. The first-order chi connectivity index (χ1) is 9.31. The topological polar surface area (TPSA) is 50.7 Å². The van der Waals surface area contributed by atoms with E-state index in [4.69, 9.17) is 4.74 Å². The maximum absolute atomic E-state index is 12.0. The van der Waals surface area contributed by atoms with Gasteiger partial charge in [-0.15, -0.1) is 13.2 Å². The third kappa shape index (κ3) is 6.23. The monoisotopic (exact) mass is 293 g/mol. The Kier molecular flexibility index (Phi) is 6.25. The molecule has 0 aliphatic carbocycles. The molecule has 1 rings (SSSR count). The van der Waals surface area contributed by atoms with Crippen molar-refractivity contribution in [3.63, 3.8) is 0 Å². The third-order valence-corrected chi connectivity index (χ3v) is 2.63. The van der Waals surface area contributed by atoms with Gasteiger partial charge in [-0.2, -0.15) is 0 Å². The second kappa shape index (κ2) is 7.47. The van der Waals surface area contributed by atoms with Gasteiger partial charge in [0.2, 0.25) is 0 Å². The molecule has 7 heteroatoms. The number of alkyl halides is 3. The number of aliphatic hydroxyl groups excluding tert-OH is 1. The van der Waals surface area contributed by atoms with E-state index in [1.807, 2.05) is 6.92 Å². The largest absolute Gasteiger partial charge is 0.573 e. The first kappa shape index (κ1) is 16.7. The summed E-state index contributed by atoms with van der Waals surface area (Å²) in [4.78, 5) is 0. The fraction of sp³-hybridized carbons (Fsp3) is 0.538. The molecule has 0 aromatic heterocycles. The fourth-order valence-corrected chi connectivity index (χ4v) is 1.64. The summed E-state index contributed by atoms with van der Waals surface area (Å²) in [6.45, 7) is 2.40. The van der Waals surface area contributed by atoms with Crippen LogP contribution in [-0.2, 0) is 4.74 Å². The lowest BCUT2D eigenvalue weighted by Gasteiger charge is -2.17. The van der Waals surface area contributed by atoms with E-state index < -0.39 is 12.5 Å². The lowest BCUT2D eigenvalue weighted by molar-refractivity contribution is -0.274. The smallest absolute Gasteiger partial charge is 0.406 e. The van der Waals surface area contributed by atoms with Crippen molar-refractivity contribution in [3.8, 4) is 5.75 Å². The molecule has 2 atom stereocenters. The van der Waals surface area contributed by atoms with Gasteiger partial charge in [0.25, 0.3) is 0 Å². The second-order valence-electron chi connectivity index (χ2n) is 4.36. The molecule has 2 N–H and O–H groups in total. The summed E-state index contributed by atoms with van der Waals surface area (Å²) in [6, 6.07) is 5.49. The number of ether oxygens (including phenoxy) is 2. The molecular weight excluding hydrogens is 275 g/mol. The van der Waals surface area contributed by atoms with E-state index >= 15 is 0 Å². The van der Waals surface area contributed by atoms with E-state index in [0.717, 1.165) is 5.56 Å². The van der Waals surface area contributed by atoms with Crippen LogP contribution in [0.25, 0.3) is 0 Å². The van der Waals surface area contributed by atoms with Crippen molar-refractivity contribution >= 4 is 0 Å². The van der Waals surface area contributed by atoms with Crippen LogP contribution in [0.1, 0.15) is 18.5 Å². The van der Waals surface area contributed by atoms with Crippen LogP contribution in [0.2, 0.25) is 0 Å². The molecule has 0 radical (unpaired) electrons. The molecule has 20 heavy (non-hydrogen) atoms. The number of methoxy groups -OCH3 is 1. The zero-order valence-electron chi connectivity index (χ0n) is 11.3. The number of benzene rings is 1. The Morgan fingerprint density at radius 3 is 2.35 bits per heavy atom. The van der Waals surface area contributed by atoms with Gasteiger partial charge in [-0.1, -0.05) is 12.1 Å². The van der Waals surface area contributed by atoms with Gasteiger partial charge < -0.3 is 19.9 Å². The number of aliphatic hydroxyl groups is 1. The molecule has 0 amide bonds. The normalized spacial score (nSPS) is 14.9. The third-order valence-electron chi connectivity index (χ3n) is 2.63. The predicted octanol–water partition coefficient (Wildman–Crippen LogP) is 2.24. The van der Waals surface area contributed by atoms with Gasteiger partial charge in [0.1, 0.15) is 5.75 Å². The van der Waals surface area contributed by atoms with Gasteiger partial charge in [-0.05, 0) is 24.6 Å². The molecule has 0 aliphatic rings. The van der Waals surface area contributed by atoms with Gasteiger partial charge in [0.15, 0.2) is 0 Å². The molecule has 0 bridgehead atoms. The van der Waals surface area contributed by atoms with E-state index in [1.54, 1.807) is 12.1 Å². The zero-order valence-corrected chi connectivity index (χ0v) is 11.3. The van der Waals surface area contributed by atoms with Crippen LogP contribution in [0.5, 0.6) is 5.75 Å². The van der Waals surface area contributed by atoms with Crippen LogP contribution >= 0.6 is 0 Å². The molecule has 0 saturated heterocycles. The number of nitrogens with one attached hydrogen (secondary N) is 1. The molecule has 0 saturated carbocycles. The van der Waals surface area contributed by atoms with Crippen LogP contribution in [0.15, 0.2) is 24.3 Å². The lowest BCUT2D eigenvalue weighted by atomic mass is 10.1. The van der Waals surface area contributed by atoms with E-state index in [2.05, 4.69) is 10.1 Å². The van der Waals surface area contributed by atoms with Crippen molar-refractivity contribution in [2.45, 2.75) is 25.4 Å². The first-order valence-electron chi connectivity index (χ1n) is 6.08. The summed E-state index contributed by atoms with van der Waals surface area (Å²) in [5.41, 5.74) is 0.796. The second-order valence-corrected chi connectivity index (χ2v) is 4.36. The van der Waals surface area contributed by atoms with Crippen molar-refractivity contribution in [2.24, 2.45) is 0 Å². The fourth-order valence-electron chi connectivity index (χ4n) is 1.64. The molecule has 0 heterocycles. The predicted molar refractivity (Wildman–Crippen MR) is 67.4 cm³/mol. The summed E-state index contributed by atoms with van der Waals surface area (Å²) in [7, 11) is 1.49. The Bertz CT molecular complexity index is 395. The quantitative estimate of drug-likeness (QED) is 0.809. The lowest BCUT2D eigenvalue weighted by Crippen LogP contribution is -2.31. The highest BCUT2D eigenvalue weighted by Crippen LogP contribution is 2.24. The molecule has 114 valence electrons. The van der Waals surface area contributed by atoms with E-state index in [-0.39, 0.29) is 18.4 Å². The van der Waals surface area contributed by atoms with Gasteiger partial charge in [-0.3, -0.25) is 0 Å². The van der Waals surface area contributed by atoms with Crippen molar-refractivity contribution in [2.75, 3.05) is 20.3 Å². The molecule has 0 aliphatic heterocycles. The Labute approximate surface area is 115 Å². The zero-order chi connectivity index (χ0) is 15.2. The average molecular weight is 293 g/mol. The highest BCUT2D eigenvalue weighted by molar-refractivity contribution is 5.29. The van der Waals surface area contributed by atoms with Crippen LogP contribution in [0.3, 0.4) is 0 Å². The minimum absolute atomic E-state index is 0.110. The van der Waals surface area contributed by atoms with E-state index in [1.165, 1.54) is 19.2 Å². The van der Waals surface area contributed by atoms with Crippen molar-refractivity contribution in [1.82, 2.24) is 5.32 Å². The number of hydrogen-bond donors (Lipinski definition) is 2. The van der Waals surface area contributed by atoms with Gasteiger partial charge in [0.05, 0.1) is 12.7 Å². The van der Waals surface area contributed by atoms with E-state index in [9.17, 15) is 18.3 Å². The Hall–Kier alpha value is -1.31. The summed E-state index contributed by atoms with van der Waals surface area (Å²) in [5, 5.41) is 12.5. The molecular formula is C13H18F3NO3. The number of halogens is 3. The molecule has 1 aromatic rings. The van der Waals surface area contributed by atoms with Crippen LogP contribution in [0, 0.1) is 0 Å². The molecule has 0 fully saturated rings. The first-order valence-corrected chi connectivity index (χ1v) is 6.08.